The van der Waals surface area contributed by atoms with Gasteiger partial charge in [-0.1, -0.05) is 0 Å². The van der Waals surface area contributed by atoms with E-state index in [4.69, 9.17) is 0 Å². The molecule has 1 aromatic rings. The molecule has 0 atom stereocenters. The monoisotopic (exact) mass is 228 g/mol. The van der Waals surface area contributed by atoms with E-state index in [9.17, 15) is 0 Å². The molecule has 1 aromatic heterocycles. The van der Waals surface area contributed by atoms with Crippen molar-refractivity contribution in [2.45, 2.75) is 20.4 Å². The molecule has 0 amide bonds. The molecule has 0 unspecified atom stereocenters. The lowest BCUT2D eigenvalue weighted by molar-refractivity contribution is 0.807. The minimum atomic E-state index is 0. The summed E-state index contributed by atoms with van der Waals surface area (Å²) in [5.41, 5.74) is 1.16. The van der Waals surface area contributed by atoms with Crippen LogP contribution < -0.4 is 5.32 Å². The molecule has 0 spiro atoms. The number of aryl methyl sites for hydroxylation is 2. The molecule has 0 aliphatic heterocycles. The summed E-state index contributed by atoms with van der Waals surface area (Å²) < 4.78 is 0. The first-order chi connectivity index (χ1) is 4.74. The number of nitrogens with zero attached hydrogens (tertiary/aromatic N) is 1. The SMILES string of the molecule is CNCc1nc(C)c(C)s1.Cl.Cl. The van der Waals surface area contributed by atoms with Crippen molar-refractivity contribution in [1.29, 1.82) is 0 Å². The third kappa shape index (κ3) is 3.72. The molecule has 0 aromatic carbocycles. The van der Waals surface area contributed by atoms with Crippen LogP contribution in [0.15, 0.2) is 0 Å². The highest BCUT2D eigenvalue weighted by Gasteiger charge is 2.00. The number of aromatic nitrogens is 1. The first-order valence-electron chi connectivity index (χ1n) is 3.31. The molecule has 0 bridgehead atoms. The molecule has 12 heavy (non-hydrogen) atoms. The number of hydrogen-bond acceptors (Lipinski definition) is 3. The normalized spacial score (nSPS) is 8.58. The molecular formula is C7H14Cl2N2S. The Morgan fingerprint density at radius 3 is 2.25 bits per heavy atom. The van der Waals surface area contributed by atoms with Crippen molar-refractivity contribution < 1.29 is 0 Å². The summed E-state index contributed by atoms with van der Waals surface area (Å²) in [5.74, 6) is 0. The van der Waals surface area contributed by atoms with Crippen molar-refractivity contribution in [2.75, 3.05) is 7.05 Å². The van der Waals surface area contributed by atoms with Crippen molar-refractivity contribution in [3.05, 3.63) is 15.6 Å². The average Bonchev–Trinajstić information content (AvgIpc) is 2.14. The Kier molecular flexibility index (Phi) is 8.15. The Morgan fingerprint density at radius 2 is 1.92 bits per heavy atom. The maximum atomic E-state index is 4.36. The molecule has 1 N–H and O–H groups in total. The molecule has 0 fully saturated rings. The van der Waals surface area contributed by atoms with Gasteiger partial charge in [-0.3, -0.25) is 0 Å². The fraction of sp³-hybridized carbons (Fsp3) is 0.571. The van der Waals surface area contributed by atoms with E-state index in [-0.39, 0.29) is 24.8 Å². The Balaban J connectivity index is 0. The highest BCUT2D eigenvalue weighted by Crippen LogP contribution is 2.15. The second-order valence-electron chi connectivity index (χ2n) is 2.28. The molecule has 5 heteroatoms. The Bertz CT molecular complexity index is 206. The summed E-state index contributed by atoms with van der Waals surface area (Å²) in [4.78, 5) is 5.68. The van der Waals surface area contributed by atoms with Crippen LogP contribution in [0.1, 0.15) is 15.6 Å². The number of nitrogens with one attached hydrogen (secondary N) is 1. The summed E-state index contributed by atoms with van der Waals surface area (Å²) in [7, 11) is 1.94. The lowest BCUT2D eigenvalue weighted by atomic mass is 10.4. The minimum Gasteiger partial charge on any atom is -0.314 e. The van der Waals surface area contributed by atoms with Crippen LogP contribution >= 0.6 is 36.2 Å². The molecule has 2 nitrogen and oxygen atoms in total. The topological polar surface area (TPSA) is 24.9 Å². The van der Waals surface area contributed by atoms with Gasteiger partial charge < -0.3 is 5.32 Å². The van der Waals surface area contributed by atoms with Gasteiger partial charge >= 0.3 is 0 Å². The second kappa shape index (κ2) is 6.66. The molecule has 72 valence electrons. The Hall–Kier alpha value is 0.170. The molecule has 0 aliphatic rings. The van der Waals surface area contributed by atoms with Gasteiger partial charge in [0.1, 0.15) is 5.01 Å². The minimum absolute atomic E-state index is 0. The first-order valence-corrected chi connectivity index (χ1v) is 4.13. The summed E-state index contributed by atoms with van der Waals surface area (Å²) in [6, 6.07) is 0. The van der Waals surface area contributed by atoms with E-state index in [1.807, 2.05) is 14.0 Å². The largest absolute Gasteiger partial charge is 0.314 e. The van der Waals surface area contributed by atoms with Gasteiger partial charge in [0.05, 0.1) is 5.69 Å². The van der Waals surface area contributed by atoms with Gasteiger partial charge in [-0.05, 0) is 20.9 Å². The van der Waals surface area contributed by atoms with Crippen LogP contribution in [0.3, 0.4) is 0 Å². The van der Waals surface area contributed by atoms with E-state index >= 15 is 0 Å². The van der Waals surface area contributed by atoms with Crippen molar-refractivity contribution >= 4 is 36.2 Å². The standard InChI is InChI=1S/C7H12N2S.2ClH/c1-5-6(2)10-7(9-5)4-8-3;;/h8H,4H2,1-3H3;2*1H. The van der Waals surface area contributed by atoms with Gasteiger partial charge in [-0.25, -0.2) is 4.98 Å². The van der Waals surface area contributed by atoms with E-state index in [1.54, 1.807) is 11.3 Å². The van der Waals surface area contributed by atoms with Gasteiger partial charge in [0.25, 0.3) is 0 Å². The molecule has 0 aliphatic carbocycles. The van der Waals surface area contributed by atoms with Gasteiger partial charge in [0.15, 0.2) is 0 Å². The van der Waals surface area contributed by atoms with Crippen molar-refractivity contribution in [1.82, 2.24) is 10.3 Å². The molecule has 0 saturated heterocycles. The van der Waals surface area contributed by atoms with Crippen LogP contribution in [0.5, 0.6) is 0 Å². The van der Waals surface area contributed by atoms with E-state index in [0.717, 1.165) is 12.2 Å². The predicted molar refractivity (Wildman–Crippen MR) is 58.8 cm³/mol. The highest BCUT2D eigenvalue weighted by atomic mass is 35.5. The zero-order valence-electron chi connectivity index (χ0n) is 7.38. The van der Waals surface area contributed by atoms with E-state index in [0.29, 0.717) is 0 Å². The van der Waals surface area contributed by atoms with Crippen LogP contribution in [-0.4, -0.2) is 12.0 Å². The predicted octanol–water partition coefficient (Wildman–Crippen LogP) is 2.32. The van der Waals surface area contributed by atoms with Gasteiger partial charge in [0.2, 0.25) is 0 Å². The zero-order valence-corrected chi connectivity index (χ0v) is 9.83. The van der Waals surface area contributed by atoms with Gasteiger partial charge in [-0.2, -0.15) is 0 Å². The highest BCUT2D eigenvalue weighted by molar-refractivity contribution is 7.11. The van der Waals surface area contributed by atoms with E-state index in [2.05, 4.69) is 17.2 Å². The third-order valence-electron chi connectivity index (χ3n) is 1.40. The van der Waals surface area contributed by atoms with Gasteiger partial charge in [0, 0.05) is 11.4 Å². The van der Waals surface area contributed by atoms with Crippen LogP contribution in [0, 0.1) is 13.8 Å². The van der Waals surface area contributed by atoms with Gasteiger partial charge in [-0.15, -0.1) is 36.2 Å². The summed E-state index contributed by atoms with van der Waals surface area (Å²) >= 11 is 1.77. The Morgan fingerprint density at radius 1 is 1.33 bits per heavy atom. The van der Waals surface area contributed by atoms with Crippen LogP contribution in [-0.2, 0) is 6.54 Å². The molecular weight excluding hydrogens is 215 g/mol. The van der Waals surface area contributed by atoms with Crippen molar-refractivity contribution in [3.63, 3.8) is 0 Å². The smallest absolute Gasteiger partial charge is 0.107 e. The zero-order chi connectivity index (χ0) is 7.56. The summed E-state index contributed by atoms with van der Waals surface area (Å²) in [6.45, 7) is 5.04. The van der Waals surface area contributed by atoms with Crippen molar-refractivity contribution in [2.24, 2.45) is 0 Å². The summed E-state index contributed by atoms with van der Waals surface area (Å²) in [6.07, 6.45) is 0. The number of thiazole rings is 1. The average molecular weight is 229 g/mol. The molecule has 1 rings (SSSR count). The van der Waals surface area contributed by atoms with Crippen LogP contribution in [0.4, 0.5) is 0 Å². The summed E-state index contributed by atoms with van der Waals surface area (Å²) in [5, 5.41) is 4.25. The third-order valence-corrected chi connectivity index (χ3v) is 2.47. The van der Waals surface area contributed by atoms with E-state index in [1.165, 1.54) is 9.88 Å². The molecule has 0 radical (unpaired) electrons. The quantitative estimate of drug-likeness (QED) is 0.841. The van der Waals surface area contributed by atoms with E-state index < -0.39 is 0 Å². The lowest BCUT2D eigenvalue weighted by Crippen LogP contribution is -2.04. The number of rotatable bonds is 2. The molecule has 0 saturated carbocycles. The Labute approximate surface area is 89.6 Å². The number of hydrogen-bond donors (Lipinski definition) is 1. The fourth-order valence-corrected chi connectivity index (χ4v) is 1.71. The lowest BCUT2D eigenvalue weighted by Gasteiger charge is -1.88. The fourth-order valence-electron chi connectivity index (χ4n) is 0.766. The first kappa shape index (κ1) is 14.7. The maximum Gasteiger partial charge on any atom is 0.107 e. The van der Waals surface area contributed by atoms with Crippen LogP contribution in [0.25, 0.3) is 0 Å². The second-order valence-corrected chi connectivity index (χ2v) is 3.57. The maximum absolute atomic E-state index is 4.36. The number of halogens is 2. The van der Waals surface area contributed by atoms with Crippen LogP contribution in [0.2, 0.25) is 0 Å². The molecule has 1 heterocycles. The van der Waals surface area contributed by atoms with Crippen molar-refractivity contribution in [3.8, 4) is 0 Å².